The highest BCUT2D eigenvalue weighted by Gasteiger charge is 2.47. The second-order valence-corrected chi connectivity index (χ2v) is 5.40. The van der Waals surface area contributed by atoms with E-state index in [-0.39, 0.29) is 11.4 Å². The van der Waals surface area contributed by atoms with Gasteiger partial charge in [-0.3, -0.25) is 10.0 Å². The van der Waals surface area contributed by atoms with E-state index >= 15 is 0 Å². The van der Waals surface area contributed by atoms with Gasteiger partial charge < -0.3 is 34.6 Å². The summed E-state index contributed by atoms with van der Waals surface area (Å²) in [5.74, 6) is -0.796. The molecule has 0 aliphatic carbocycles. The molecular weight excluding hydrogens is 326 g/mol. The zero-order chi connectivity index (χ0) is 17.4. The van der Waals surface area contributed by atoms with Gasteiger partial charge in [0.25, 0.3) is 6.29 Å². The monoisotopic (exact) mass is 343 g/mol. The number of aliphatic hydroxyl groups excluding tert-OH is 4. The molecule has 2 aliphatic rings. The summed E-state index contributed by atoms with van der Waals surface area (Å²) >= 11 is 0. The Labute approximate surface area is 136 Å². The number of carbonyl (C=O) groups excluding carboxylic acids is 1. The molecule has 2 heterocycles. The highest BCUT2D eigenvalue weighted by molar-refractivity contribution is 5.97. The van der Waals surface area contributed by atoms with Crippen LogP contribution in [-0.4, -0.2) is 75.1 Å². The molecule has 10 heteroatoms. The van der Waals surface area contributed by atoms with Crippen LogP contribution in [0.2, 0.25) is 0 Å². The number of hydrogen-bond donors (Lipinski definition) is 5. The summed E-state index contributed by atoms with van der Waals surface area (Å²) in [6, 6.07) is 6.17. The average Bonchev–Trinajstić information content (AvgIpc) is 2.59. The maximum Gasteiger partial charge on any atom is 0.320 e. The van der Waals surface area contributed by atoms with Gasteiger partial charge in [-0.05, 0) is 12.1 Å². The Balaban J connectivity index is 1.81. The van der Waals surface area contributed by atoms with Crippen molar-refractivity contribution in [2.45, 2.75) is 37.0 Å². The highest BCUT2D eigenvalue weighted by atomic mass is 16.7. The van der Waals surface area contributed by atoms with E-state index in [0.29, 0.717) is 5.06 Å². The minimum atomic E-state index is -1.71. The van der Waals surface area contributed by atoms with Crippen molar-refractivity contribution in [3.05, 3.63) is 24.3 Å². The van der Waals surface area contributed by atoms with Gasteiger partial charge in [-0.25, -0.2) is 0 Å². The summed E-state index contributed by atoms with van der Waals surface area (Å²) in [5.41, 5.74) is 0.122. The zero-order valence-electron chi connectivity index (χ0n) is 12.3. The van der Waals surface area contributed by atoms with Crippen molar-refractivity contribution < 1.29 is 44.6 Å². The van der Waals surface area contributed by atoms with Gasteiger partial charge in [-0.2, -0.15) is 5.06 Å². The lowest BCUT2D eigenvalue weighted by Crippen LogP contribution is -2.61. The van der Waals surface area contributed by atoms with Crippen LogP contribution in [0.5, 0.6) is 5.75 Å². The van der Waals surface area contributed by atoms with Crippen LogP contribution >= 0.6 is 0 Å². The molecule has 24 heavy (non-hydrogen) atoms. The molecule has 0 radical (unpaired) electrons. The largest absolute Gasteiger partial charge is 0.453 e. The van der Waals surface area contributed by atoms with E-state index in [0.717, 1.165) is 0 Å². The van der Waals surface area contributed by atoms with E-state index in [9.17, 15) is 30.4 Å². The first-order valence-corrected chi connectivity index (χ1v) is 7.18. The van der Waals surface area contributed by atoms with Gasteiger partial charge in [0.05, 0.1) is 6.61 Å². The van der Waals surface area contributed by atoms with Crippen LogP contribution in [0.15, 0.2) is 24.3 Å². The second-order valence-electron chi connectivity index (χ2n) is 5.40. The van der Waals surface area contributed by atoms with Crippen molar-refractivity contribution in [3.8, 4) is 5.75 Å². The Bertz CT molecular complexity index is 610. The van der Waals surface area contributed by atoms with Crippen molar-refractivity contribution >= 4 is 11.6 Å². The van der Waals surface area contributed by atoms with E-state index in [1.54, 1.807) is 12.1 Å². The molecule has 1 fully saturated rings. The summed E-state index contributed by atoms with van der Waals surface area (Å²) in [6.45, 7) is -0.647. The average molecular weight is 343 g/mol. The van der Waals surface area contributed by atoms with Crippen LogP contribution in [-0.2, 0) is 14.3 Å². The quantitative estimate of drug-likeness (QED) is 0.391. The lowest BCUT2D eigenvalue weighted by Gasteiger charge is -2.41. The molecule has 10 nitrogen and oxygen atoms in total. The lowest BCUT2D eigenvalue weighted by molar-refractivity contribution is -0.308. The Hall–Kier alpha value is -1.79. The molecule has 0 aromatic heterocycles. The first-order chi connectivity index (χ1) is 11.4. The smallest absolute Gasteiger partial charge is 0.320 e. The predicted octanol–water partition coefficient (Wildman–Crippen LogP) is -2.06. The number of aliphatic hydroxyl groups is 4. The lowest BCUT2D eigenvalue weighted by atomic mass is 9.99. The predicted molar refractivity (Wildman–Crippen MR) is 75.0 cm³/mol. The van der Waals surface area contributed by atoms with Crippen molar-refractivity contribution in [2.75, 3.05) is 11.7 Å². The molecule has 6 atom stereocenters. The third-order valence-electron chi connectivity index (χ3n) is 3.86. The summed E-state index contributed by atoms with van der Waals surface area (Å²) < 4.78 is 15.6. The van der Waals surface area contributed by atoms with Crippen molar-refractivity contribution in [3.63, 3.8) is 0 Å². The minimum Gasteiger partial charge on any atom is -0.453 e. The number of carbonyl (C=O) groups is 1. The summed E-state index contributed by atoms with van der Waals surface area (Å²) in [4.78, 5) is 12.1. The maximum atomic E-state index is 12.1. The Morgan fingerprint density at radius 2 is 1.88 bits per heavy atom. The van der Waals surface area contributed by atoms with E-state index in [2.05, 4.69) is 0 Å². The number of hydroxylamine groups is 1. The number of ether oxygens (including phenoxy) is 3. The molecule has 1 saturated heterocycles. The fourth-order valence-electron chi connectivity index (χ4n) is 2.58. The van der Waals surface area contributed by atoms with Crippen LogP contribution in [0.3, 0.4) is 0 Å². The molecule has 1 amide bonds. The minimum absolute atomic E-state index is 0.122. The molecular formula is C14H17NO9. The Morgan fingerprint density at radius 3 is 2.58 bits per heavy atom. The molecule has 1 aromatic carbocycles. The number of fused-ring (bicyclic) bond motifs is 1. The van der Waals surface area contributed by atoms with E-state index < -0.39 is 49.5 Å². The Morgan fingerprint density at radius 1 is 1.17 bits per heavy atom. The third-order valence-corrected chi connectivity index (χ3v) is 3.86. The molecule has 0 saturated carbocycles. The van der Waals surface area contributed by atoms with Gasteiger partial charge in [-0.15, -0.1) is 0 Å². The van der Waals surface area contributed by atoms with Crippen LogP contribution in [0, 0.1) is 0 Å². The fourth-order valence-corrected chi connectivity index (χ4v) is 2.58. The van der Waals surface area contributed by atoms with Crippen LogP contribution in [0.4, 0.5) is 5.69 Å². The van der Waals surface area contributed by atoms with Crippen LogP contribution in [0.1, 0.15) is 0 Å². The number of hydrogen-bond acceptors (Lipinski definition) is 9. The Kier molecular flexibility index (Phi) is 4.69. The van der Waals surface area contributed by atoms with Crippen LogP contribution < -0.4 is 9.80 Å². The van der Waals surface area contributed by atoms with E-state index in [1.165, 1.54) is 12.1 Å². The number of anilines is 1. The first-order valence-electron chi connectivity index (χ1n) is 7.18. The van der Waals surface area contributed by atoms with E-state index in [1.807, 2.05) is 0 Å². The van der Waals surface area contributed by atoms with Crippen LogP contribution in [0.25, 0.3) is 0 Å². The standard InChI is InChI=1S/C14H17NO9/c16-5-8-11(9(17)10(18)13(20)22-8)24-14-12(19)15(21)6-3-1-2-4-7(6)23-14/h1-4,8-11,13-14,16-18,20-21H,5H2/t8-,9-,10-,11-,13-,14?/m1/s1. The molecule has 5 N–H and O–H groups in total. The van der Waals surface area contributed by atoms with Gasteiger partial charge in [0.15, 0.2) is 6.29 Å². The topological polar surface area (TPSA) is 149 Å². The summed E-state index contributed by atoms with van der Waals surface area (Å²) in [7, 11) is 0. The molecule has 132 valence electrons. The summed E-state index contributed by atoms with van der Waals surface area (Å²) in [5, 5.41) is 48.7. The van der Waals surface area contributed by atoms with Gasteiger partial charge in [-0.1, -0.05) is 12.1 Å². The molecule has 1 aromatic rings. The molecule has 0 bridgehead atoms. The molecule has 0 spiro atoms. The van der Waals surface area contributed by atoms with Gasteiger partial charge >= 0.3 is 5.91 Å². The second kappa shape index (κ2) is 6.61. The van der Waals surface area contributed by atoms with Crippen molar-refractivity contribution in [1.29, 1.82) is 0 Å². The fraction of sp³-hybridized carbons (Fsp3) is 0.500. The molecule has 1 unspecified atom stereocenters. The first kappa shape index (κ1) is 17.0. The molecule has 3 rings (SSSR count). The highest BCUT2D eigenvalue weighted by Crippen LogP contribution is 2.34. The number of nitrogens with zero attached hydrogens (tertiary/aromatic N) is 1. The SMILES string of the molecule is O=C1C(O[C@H]2[C@H](O)[C@@H](O)[C@H](O)O[C@@H]2CO)Oc2ccccc2N1O. The zero-order valence-corrected chi connectivity index (χ0v) is 12.3. The van der Waals surface area contributed by atoms with Gasteiger partial charge in [0, 0.05) is 0 Å². The number of rotatable bonds is 3. The number of amides is 1. The summed E-state index contributed by atoms with van der Waals surface area (Å²) in [6.07, 6.45) is -9.28. The van der Waals surface area contributed by atoms with Crippen molar-refractivity contribution in [2.24, 2.45) is 0 Å². The third kappa shape index (κ3) is 2.84. The number of para-hydroxylation sites is 2. The maximum absolute atomic E-state index is 12.1. The van der Waals surface area contributed by atoms with E-state index in [4.69, 9.17) is 14.2 Å². The van der Waals surface area contributed by atoms with Gasteiger partial charge in [0.2, 0.25) is 0 Å². The normalized spacial score (nSPS) is 36.2. The molecule has 2 aliphatic heterocycles. The van der Waals surface area contributed by atoms with Crippen molar-refractivity contribution in [1.82, 2.24) is 0 Å². The van der Waals surface area contributed by atoms with Gasteiger partial charge in [0.1, 0.15) is 35.9 Å². The number of benzene rings is 1.